The highest BCUT2D eigenvalue weighted by Crippen LogP contribution is 2.18. The summed E-state index contributed by atoms with van der Waals surface area (Å²) in [7, 11) is 2.03. The predicted molar refractivity (Wildman–Crippen MR) is 74.5 cm³/mol. The highest BCUT2D eigenvalue weighted by molar-refractivity contribution is 5.17. The van der Waals surface area contributed by atoms with Crippen LogP contribution in [0.25, 0.3) is 0 Å². The Balaban J connectivity index is 2.06. The monoisotopic (exact) mass is 243 g/mol. The molecule has 0 aliphatic heterocycles. The molecule has 0 aromatic carbocycles. The molecule has 0 saturated carbocycles. The Hall–Kier alpha value is -1.61. The SMILES string of the molecule is CCCC(NC)c1ccn(Cc2cccnc2)c1. The molecule has 2 aromatic rings. The van der Waals surface area contributed by atoms with Gasteiger partial charge in [0, 0.05) is 37.4 Å². The second kappa shape index (κ2) is 6.36. The van der Waals surface area contributed by atoms with Crippen LogP contribution in [-0.2, 0) is 6.54 Å². The summed E-state index contributed by atoms with van der Waals surface area (Å²) < 4.78 is 2.21. The molecule has 0 amide bonds. The van der Waals surface area contributed by atoms with E-state index >= 15 is 0 Å². The fourth-order valence-corrected chi connectivity index (χ4v) is 2.23. The molecule has 0 bridgehead atoms. The molecule has 2 heterocycles. The van der Waals surface area contributed by atoms with Crippen molar-refractivity contribution in [2.45, 2.75) is 32.4 Å². The van der Waals surface area contributed by atoms with Crippen molar-refractivity contribution in [3.05, 3.63) is 54.1 Å². The summed E-state index contributed by atoms with van der Waals surface area (Å²) in [6, 6.07) is 6.75. The number of rotatable bonds is 6. The zero-order chi connectivity index (χ0) is 12.8. The molecular formula is C15H21N3. The van der Waals surface area contributed by atoms with E-state index in [0.29, 0.717) is 6.04 Å². The van der Waals surface area contributed by atoms with E-state index in [0.717, 1.165) is 6.54 Å². The highest BCUT2D eigenvalue weighted by Gasteiger charge is 2.09. The van der Waals surface area contributed by atoms with E-state index in [-0.39, 0.29) is 0 Å². The molecule has 1 atom stereocenters. The lowest BCUT2D eigenvalue weighted by molar-refractivity contribution is 0.540. The Labute approximate surface area is 109 Å². The van der Waals surface area contributed by atoms with E-state index in [4.69, 9.17) is 0 Å². The summed E-state index contributed by atoms with van der Waals surface area (Å²) in [5.41, 5.74) is 2.60. The Morgan fingerprint density at radius 1 is 1.39 bits per heavy atom. The van der Waals surface area contributed by atoms with Crippen LogP contribution in [0.5, 0.6) is 0 Å². The van der Waals surface area contributed by atoms with Gasteiger partial charge in [-0.25, -0.2) is 0 Å². The zero-order valence-electron chi connectivity index (χ0n) is 11.1. The van der Waals surface area contributed by atoms with Crippen molar-refractivity contribution in [2.24, 2.45) is 0 Å². The van der Waals surface area contributed by atoms with E-state index in [1.54, 1.807) is 0 Å². The minimum atomic E-state index is 0.463. The number of pyridine rings is 1. The van der Waals surface area contributed by atoms with Gasteiger partial charge in [0.15, 0.2) is 0 Å². The van der Waals surface area contributed by atoms with Crippen molar-refractivity contribution in [1.82, 2.24) is 14.9 Å². The van der Waals surface area contributed by atoms with Crippen molar-refractivity contribution in [3.8, 4) is 0 Å². The first kappa shape index (κ1) is 12.8. The molecule has 2 aromatic heterocycles. The van der Waals surface area contributed by atoms with Crippen molar-refractivity contribution in [3.63, 3.8) is 0 Å². The number of nitrogens with zero attached hydrogens (tertiary/aromatic N) is 2. The van der Waals surface area contributed by atoms with E-state index in [2.05, 4.69) is 46.3 Å². The second-order valence-corrected chi connectivity index (χ2v) is 4.61. The lowest BCUT2D eigenvalue weighted by Crippen LogP contribution is -2.15. The Kier molecular flexibility index (Phi) is 4.53. The van der Waals surface area contributed by atoms with Gasteiger partial charge < -0.3 is 9.88 Å². The average molecular weight is 243 g/mol. The first-order chi connectivity index (χ1) is 8.83. The lowest BCUT2D eigenvalue weighted by atomic mass is 10.1. The van der Waals surface area contributed by atoms with Crippen LogP contribution in [0.3, 0.4) is 0 Å². The third kappa shape index (κ3) is 3.20. The minimum Gasteiger partial charge on any atom is -0.350 e. The van der Waals surface area contributed by atoms with Gasteiger partial charge in [0.05, 0.1) is 0 Å². The molecule has 0 fully saturated rings. The van der Waals surface area contributed by atoms with Gasteiger partial charge in [-0.2, -0.15) is 0 Å². The molecule has 0 radical (unpaired) electrons. The summed E-state index contributed by atoms with van der Waals surface area (Å²) in [6.45, 7) is 3.10. The van der Waals surface area contributed by atoms with Crippen LogP contribution in [0.1, 0.15) is 36.9 Å². The van der Waals surface area contributed by atoms with Crippen molar-refractivity contribution < 1.29 is 0 Å². The van der Waals surface area contributed by atoms with Crippen LogP contribution in [-0.4, -0.2) is 16.6 Å². The summed E-state index contributed by atoms with van der Waals surface area (Å²) in [5.74, 6) is 0. The molecule has 96 valence electrons. The van der Waals surface area contributed by atoms with Crippen LogP contribution in [0.4, 0.5) is 0 Å². The summed E-state index contributed by atoms with van der Waals surface area (Å²) in [4.78, 5) is 4.14. The Morgan fingerprint density at radius 2 is 2.28 bits per heavy atom. The first-order valence-electron chi connectivity index (χ1n) is 6.55. The van der Waals surface area contributed by atoms with E-state index < -0.39 is 0 Å². The number of aromatic nitrogens is 2. The van der Waals surface area contributed by atoms with Crippen molar-refractivity contribution >= 4 is 0 Å². The summed E-state index contributed by atoms with van der Waals surface area (Å²) >= 11 is 0. The maximum Gasteiger partial charge on any atom is 0.0485 e. The molecule has 0 aliphatic rings. The van der Waals surface area contributed by atoms with Gasteiger partial charge in [-0.3, -0.25) is 4.98 Å². The van der Waals surface area contributed by atoms with Crippen molar-refractivity contribution in [2.75, 3.05) is 7.05 Å². The molecular weight excluding hydrogens is 222 g/mol. The third-order valence-electron chi connectivity index (χ3n) is 3.19. The maximum absolute atomic E-state index is 4.14. The van der Waals surface area contributed by atoms with Gasteiger partial charge in [0.2, 0.25) is 0 Å². The Morgan fingerprint density at radius 3 is 2.94 bits per heavy atom. The molecule has 0 spiro atoms. The lowest BCUT2D eigenvalue weighted by Gasteiger charge is -2.13. The van der Waals surface area contributed by atoms with E-state index in [1.165, 1.54) is 24.0 Å². The quantitative estimate of drug-likeness (QED) is 0.845. The Bertz CT molecular complexity index is 462. The molecule has 1 unspecified atom stereocenters. The predicted octanol–water partition coefficient (Wildman–Crippen LogP) is 2.99. The smallest absolute Gasteiger partial charge is 0.0485 e. The topological polar surface area (TPSA) is 29.9 Å². The number of hydrogen-bond donors (Lipinski definition) is 1. The highest BCUT2D eigenvalue weighted by atomic mass is 15.0. The average Bonchev–Trinajstić information content (AvgIpc) is 2.85. The van der Waals surface area contributed by atoms with Crippen LogP contribution >= 0.6 is 0 Å². The zero-order valence-corrected chi connectivity index (χ0v) is 11.1. The van der Waals surface area contributed by atoms with Gasteiger partial charge in [0.1, 0.15) is 0 Å². The molecule has 0 aliphatic carbocycles. The standard InChI is InChI=1S/C15H21N3/c1-3-5-15(16-2)14-7-9-18(12-14)11-13-6-4-8-17-10-13/h4,6-10,12,15-16H,3,5,11H2,1-2H3. The van der Waals surface area contributed by atoms with E-state index in [9.17, 15) is 0 Å². The van der Waals surface area contributed by atoms with Crippen LogP contribution in [0.2, 0.25) is 0 Å². The van der Waals surface area contributed by atoms with Gasteiger partial charge in [-0.1, -0.05) is 19.4 Å². The molecule has 3 nitrogen and oxygen atoms in total. The molecule has 1 N–H and O–H groups in total. The molecule has 18 heavy (non-hydrogen) atoms. The molecule has 0 saturated heterocycles. The second-order valence-electron chi connectivity index (χ2n) is 4.61. The van der Waals surface area contributed by atoms with Gasteiger partial charge in [0.25, 0.3) is 0 Å². The fourth-order valence-electron chi connectivity index (χ4n) is 2.23. The largest absolute Gasteiger partial charge is 0.350 e. The minimum absolute atomic E-state index is 0.463. The summed E-state index contributed by atoms with van der Waals surface area (Å²) in [5, 5.41) is 3.37. The first-order valence-corrected chi connectivity index (χ1v) is 6.55. The fraction of sp³-hybridized carbons (Fsp3) is 0.400. The van der Waals surface area contributed by atoms with Crippen LogP contribution in [0, 0.1) is 0 Å². The van der Waals surface area contributed by atoms with Crippen LogP contribution < -0.4 is 5.32 Å². The van der Waals surface area contributed by atoms with E-state index in [1.807, 2.05) is 25.5 Å². The molecule has 2 rings (SSSR count). The number of nitrogens with one attached hydrogen (secondary N) is 1. The van der Waals surface area contributed by atoms with Crippen molar-refractivity contribution in [1.29, 1.82) is 0 Å². The summed E-state index contributed by atoms with van der Waals surface area (Å²) in [6.07, 6.45) is 10.5. The number of hydrogen-bond acceptors (Lipinski definition) is 2. The third-order valence-corrected chi connectivity index (χ3v) is 3.19. The molecule has 3 heteroatoms. The normalized spacial score (nSPS) is 12.6. The van der Waals surface area contributed by atoms with Gasteiger partial charge in [-0.05, 0) is 36.7 Å². The van der Waals surface area contributed by atoms with Crippen LogP contribution in [0.15, 0.2) is 43.0 Å². The van der Waals surface area contributed by atoms with Gasteiger partial charge >= 0.3 is 0 Å². The van der Waals surface area contributed by atoms with Gasteiger partial charge in [-0.15, -0.1) is 0 Å². The maximum atomic E-state index is 4.14.